The molecule has 0 atom stereocenters. The topological polar surface area (TPSA) is 75.3 Å². The van der Waals surface area contributed by atoms with Gasteiger partial charge in [0.1, 0.15) is 11.6 Å². The van der Waals surface area contributed by atoms with Gasteiger partial charge in [-0.05, 0) is 29.8 Å². The summed E-state index contributed by atoms with van der Waals surface area (Å²) in [4.78, 5) is 10.9. The number of benzene rings is 2. The summed E-state index contributed by atoms with van der Waals surface area (Å²) in [6.07, 6.45) is 0. The number of carboxylic acid groups (broad SMARTS) is 1. The molecule has 6 heteroatoms. The summed E-state index contributed by atoms with van der Waals surface area (Å²) >= 11 is 0. The molecule has 104 valence electrons. The third kappa shape index (κ3) is 3.03. The number of carboxylic acids is 1. The fraction of sp³-hybridized carbons (Fsp3) is 0.0714. The summed E-state index contributed by atoms with van der Waals surface area (Å²) in [6, 6.07) is 7.87. The average molecular weight is 278 g/mol. The van der Waals surface area contributed by atoms with Crippen molar-refractivity contribution in [3.8, 4) is 0 Å². The lowest BCUT2D eigenvalue weighted by Crippen LogP contribution is -2.07. The Morgan fingerprint density at radius 1 is 1.25 bits per heavy atom. The van der Waals surface area contributed by atoms with E-state index >= 15 is 0 Å². The minimum absolute atomic E-state index is 0.000797. The molecule has 0 spiro atoms. The number of hydrogen-bond donors (Lipinski definition) is 3. The summed E-state index contributed by atoms with van der Waals surface area (Å²) in [6.45, 7) is 0.164. The maximum Gasteiger partial charge on any atom is 0.337 e. The van der Waals surface area contributed by atoms with E-state index in [0.29, 0.717) is 5.56 Å². The molecule has 0 aliphatic rings. The Hall–Kier alpha value is -2.63. The van der Waals surface area contributed by atoms with Gasteiger partial charge in [0, 0.05) is 12.2 Å². The predicted molar refractivity (Wildman–Crippen MR) is 71.5 cm³/mol. The SMILES string of the molecule is Nc1cc(F)c(NCc2cccc(F)c2)cc1C(=O)O. The van der Waals surface area contributed by atoms with Gasteiger partial charge in [0.25, 0.3) is 0 Å². The van der Waals surface area contributed by atoms with E-state index in [1.807, 2.05) is 0 Å². The number of carbonyl (C=O) groups is 1. The number of rotatable bonds is 4. The normalized spacial score (nSPS) is 10.3. The van der Waals surface area contributed by atoms with Gasteiger partial charge in [0.2, 0.25) is 0 Å². The number of nitrogens with two attached hydrogens (primary N) is 1. The van der Waals surface area contributed by atoms with Crippen LogP contribution in [0.2, 0.25) is 0 Å². The highest BCUT2D eigenvalue weighted by atomic mass is 19.1. The molecule has 0 aromatic heterocycles. The molecule has 0 amide bonds. The fourth-order valence-electron chi connectivity index (χ4n) is 1.75. The monoisotopic (exact) mass is 278 g/mol. The van der Waals surface area contributed by atoms with E-state index in [1.165, 1.54) is 18.2 Å². The van der Waals surface area contributed by atoms with E-state index in [2.05, 4.69) is 5.32 Å². The van der Waals surface area contributed by atoms with Crippen molar-refractivity contribution in [3.63, 3.8) is 0 Å². The second-order valence-electron chi connectivity index (χ2n) is 4.21. The van der Waals surface area contributed by atoms with Gasteiger partial charge >= 0.3 is 5.97 Å². The van der Waals surface area contributed by atoms with Crippen LogP contribution in [0.1, 0.15) is 15.9 Å². The van der Waals surface area contributed by atoms with Crippen LogP contribution in [0.4, 0.5) is 20.2 Å². The van der Waals surface area contributed by atoms with Crippen molar-refractivity contribution in [2.75, 3.05) is 11.1 Å². The fourth-order valence-corrected chi connectivity index (χ4v) is 1.75. The third-order valence-corrected chi connectivity index (χ3v) is 2.74. The van der Waals surface area contributed by atoms with Crippen molar-refractivity contribution >= 4 is 17.3 Å². The molecule has 0 radical (unpaired) electrons. The summed E-state index contributed by atoms with van der Waals surface area (Å²) in [5.41, 5.74) is 5.70. The van der Waals surface area contributed by atoms with Gasteiger partial charge in [-0.2, -0.15) is 0 Å². The third-order valence-electron chi connectivity index (χ3n) is 2.74. The lowest BCUT2D eigenvalue weighted by molar-refractivity contribution is 0.0698. The first-order valence-electron chi connectivity index (χ1n) is 5.78. The van der Waals surface area contributed by atoms with Gasteiger partial charge in [-0.25, -0.2) is 13.6 Å². The summed E-state index contributed by atoms with van der Waals surface area (Å²) in [5.74, 6) is -2.30. The highest BCUT2D eigenvalue weighted by Crippen LogP contribution is 2.23. The molecule has 0 aliphatic heterocycles. The average Bonchev–Trinajstić information content (AvgIpc) is 2.37. The number of nitrogen functional groups attached to an aromatic ring is 1. The van der Waals surface area contributed by atoms with Crippen molar-refractivity contribution in [2.45, 2.75) is 6.54 Å². The molecule has 2 rings (SSSR count). The Kier molecular flexibility index (Phi) is 3.84. The van der Waals surface area contributed by atoms with Gasteiger partial charge < -0.3 is 16.2 Å². The van der Waals surface area contributed by atoms with Crippen molar-refractivity contribution in [3.05, 3.63) is 59.2 Å². The van der Waals surface area contributed by atoms with Gasteiger partial charge in [0.15, 0.2) is 0 Å². The van der Waals surface area contributed by atoms with Crippen LogP contribution < -0.4 is 11.1 Å². The predicted octanol–water partition coefficient (Wildman–Crippen LogP) is 2.86. The minimum Gasteiger partial charge on any atom is -0.478 e. The first-order chi connectivity index (χ1) is 9.47. The Bertz CT molecular complexity index is 660. The molecular weight excluding hydrogens is 266 g/mol. The van der Waals surface area contributed by atoms with E-state index in [4.69, 9.17) is 10.8 Å². The molecule has 0 saturated heterocycles. The standard InChI is InChI=1S/C14H12F2N2O2/c15-9-3-1-2-8(4-9)7-18-13-5-10(14(19)20)12(17)6-11(13)16/h1-6,18H,7,17H2,(H,19,20). The first kappa shape index (κ1) is 13.8. The zero-order chi connectivity index (χ0) is 14.7. The van der Waals surface area contributed by atoms with Crippen LogP contribution in [0.3, 0.4) is 0 Å². The molecule has 0 aliphatic carbocycles. The zero-order valence-corrected chi connectivity index (χ0v) is 10.4. The number of nitrogens with one attached hydrogen (secondary N) is 1. The molecule has 0 heterocycles. The summed E-state index contributed by atoms with van der Waals surface area (Å²) in [5, 5.41) is 11.6. The van der Waals surface area contributed by atoms with Crippen LogP contribution in [0.15, 0.2) is 36.4 Å². The molecule has 4 N–H and O–H groups in total. The lowest BCUT2D eigenvalue weighted by atomic mass is 10.1. The smallest absolute Gasteiger partial charge is 0.337 e. The van der Waals surface area contributed by atoms with Crippen LogP contribution >= 0.6 is 0 Å². The molecule has 0 unspecified atom stereocenters. The largest absolute Gasteiger partial charge is 0.478 e. The number of anilines is 2. The lowest BCUT2D eigenvalue weighted by Gasteiger charge is -2.10. The summed E-state index contributed by atoms with van der Waals surface area (Å²) < 4.78 is 26.7. The molecule has 0 fully saturated rings. The second kappa shape index (κ2) is 5.56. The second-order valence-corrected chi connectivity index (χ2v) is 4.21. The number of halogens is 2. The molecule has 20 heavy (non-hydrogen) atoms. The highest BCUT2D eigenvalue weighted by Gasteiger charge is 2.13. The van der Waals surface area contributed by atoms with Gasteiger partial charge in [-0.15, -0.1) is 0 Å². The van der Waals surface area contributed by atoms with Gasteiger partial charge in [-0.3, -0.25) is 0 Å². The van der Waals surface area contributed by atoms with E-state index < -0.39 is 17.6 Å². The van der Waals surface area contributed by atoms with Crippen LogP contribution in [0.25, 0.3) is 0 Å². The molecular formula is C14H12F2N2O2. The van der Waals surface area contributed by atoms with Crippen molar-refractivity contribution in [2.24, 2.45) is 0 Å². The Labute approximate surface area is 113 Å². The van der Waals surface area contributed by atoms with Gasteiger partial charge in [-0.1, -0.05) is 12.1 Å². The number of hydrogen-bond acceptors (Lipinski definition) is 3. The Balaban J connectivity index is 2.21. The Morgan fingerprint density at radius 3 is 2.65 bits per heavy atom. The Morgan fingerprint density at radius 2 is 2.00 bits per heavy atom. The summed E-state index contributed by atoms with van der Waals surface area (Å²) in [7, 11) is 0. The van der Waals surface area contributed by atoms with Crippen LogP contribution in [-0.4, -0.2) is 11.1 Å². The molecule has 4 nitrogen and oxygen atoms in total. The zero-order valence-electron chi connectivity index (χ0n) is 10.4. The first-order valence-corrected chi connectivity index (χ1v) is 5.78. The van der Waals surface area contributed by atoms with E-state index in [0.717, 1.165) is 12.1 Å². The van der Waals surface area contributed by atoms with E-state index in [1.54, 1.807) is 6.07 Å². The van der Waals surface area contributed by atoms with Crippen LogP contribution in [0, 0.1) is 11.6 Å². The minimum atomic E-state index is -1.24. The van der Waals surface area contributed by atoms with E-state index in [9.17, 15) is 13.6 Å². The van der Waals surface area contributed by atoms with Crippen molar-refractivity contribution in [1.29, 1.82) is 0 Å². The van der Waals surface area contributed by atoms with Crippen LogP contribution in [0.5, 0.6) is 0 Å². The highest BCUT2D eigenvalue weighted by molar-refractivity contribution is 5.94. The van der Waals surface area contributed by atoms with Crippen molar-refractivity contribution < 1.29 is 18.7 Å². The molecule has 2 aromatic carbocycles. The van der Waals surface area contributed by atoms with Gasteiger partial charge in [0.05, 0.1) is 11.3 Å². The molecule has 2 aromatic rings. The van der Waals surface area contributed by atoms with Crippen LogP contribution in [-0.2, 0) is 6.54 Å². The number of aromatic carboxylic acids is 1. The van der Waals surface area contributed by atoms with E-state index in [-0.39, 0.29) is 23.5 Å². The maximum absolute atomic E-state index is 13.7. The van der Waals surface area contributed by atoms with Crippen molar-refractivity contribution in [1.82, 2.24) is 0 Å². The molecule has 0 bridgehead atoms. The quantitative estimate of drug-likeness (QED) is 0.752. The maximum atomic E-state index is 13.7. The molecule has 0 saturated carbocycles.